The van der Waals surface area contributed by atoms with Crippen LogP contribution >= 0.6 is 11.3 Å². The summed E-state index contributed by atoms with van der Waals surface area (Å²) in [6, 6.07) is 9.32. The largest absolute Gasteiger partial charge is 0.465 e. The quantitative estimate of drug-likeness (QED) is 0.592. The Balaban J connectivity index is 1.50. The number of methoxy groups -OCH3 is 1. The van der Waals surface area contributed by atoms with Crippen LogP contribution in [0.2, 0.25) is 0 Å². The predicted molar refractivity (Wildman–Crippen MR) is 109 cm³/mol. The van der Waals surface area contributed by atoms with E-state index < -0.39 is 5.97 Å². The van der Waals surface area contributed by atoms with E-state index in [1.54, 1.807) is 18.4 Å². The van der Waals surface area contributed by atoms with E-state index in [2.05, 4.69) is 15.1 Å². The molecule has 1 aromatic carbocycles. The summed E-state index contributed by atoms with van der Waals surface area (Å²) in [5.41, 5.74) is 2.28. The predicted octanol–water partition coefficient (Wildman–Crippen LogP) is 2.50. The molecule has 0 bridgehead atoms. The van der Waals surface area contributed by atoms with Crippen LogP contribution in [0, 0.1) is 0 Å². The van der Waals surface area contributed by atoms with E-state index in [0.29, 0.717) is 16.1 Å². The Morgan fingerprint density at radius 2 is 1.75 bits per heavy atom. The second-order valence-corrected chi connectivity index (χ2v) is 7.49. The Morgan fingerprint density at radius 1 is 1.07 bits per heavy atom. The molecule has 1 aromatic heterocycles. The monoisotopic (exact) mass is 401 g/mol. The van der Waals surface area contributed by atoms with E-state index in [4.69, 9.17) is 4.74 Å². The first-order chi connectivity index (χ1) is 13.5. The Bertz CT molecular complexity index is 855. The van der Waals surface area contributed by atoms with Gasteiger partial charge in [-0.15, -0.1) is 11.3 Å². The Labute approximate surface area is 167 Å². The average molecular weight is 401 g/mol. The van der Waals surface area contributed by atoms with Crippen molar-refractivity contribution in [2.45, 2.75) is 6.92 Å². The minimum atomic E-state index is -0.449. The number of amides is 1. The molecule has 0 saturated carbocycles. The molecular weight excluding hydrogens is 378 g/mol. The van der Waals surface area contributed by atoms with Gasteiger partial charge < -0.3 is 15.0 Å². The molecule has 1 amide bonds. The van der Waals surface area contributed by atoms with Crippen LogP contribution in [0.3, 0.4) is 0 Å². The van der Waals surface area contributed by atoms with Crippen LogP contribution in [-0.4, -0.2) is 62.4 Å². The van der Waals surface area contributed by atoms with Gasteiger partial charge in [-0.05, 0) is 42.6 Å². The molecule has 1 N–H and O–H groups in total. The maximum absolute atomic E-state index is 12.3. The number of carbonyl (C=O) groups excluding carboxylic acids is 3. The summed E-state index contributed by atoms with van der Waals surface area (Å²) in [4.78, 5) is 40.2. The molecule has 2 aromatic rings. The number of carbonyl (C=O) groups is 3. The minimum absolute atomic E-state index is 0.0587. The summed E-state index contributed by atoms with van der Waals surface area (Å²) in [7, 11) is 1.32. The van der Waals surface area contributed by atoms with Gasteiger partial charge in [0.2, 0.25) is 5.91 Å². The first kappa shape index (κ1) is 20.0. The molecule has 0 radical (unpaired) electrons. The molecular formula is C20H23N3O4S. The lowest BCUT2D eigenvalue weighted by molar-refractivity contribution is -0.117. The van der Waals surface area contributed by atoms with Gasteiger partial charge in [-0.25, -0.2) is 4.79 Å². The molecule has 0 aliphatic carbocycles. The highest BCUT2D eigenvalue weighted by molar-refractivity contribution is 7.12. The molecule has 0 atom stereocenters. The van der Waals surface area contributed by atoms with E-state index in [-0.39, 0.29) is 18.2 Å². The fraction of sp³-hybridized carbons (Fsp3) is 0.350. The van der Waals surface area contributed by atoms with E-state index in [9.17, 15) is 14.4 Å². The zero-order chi connectivity index (χ0) is 20.1. The highest BCUT2D eigenvalue weighted by Crippen LogP contribution is 2.23. The molecule has 1 saturated heterocycles. The average Bonchev–Trinajstić information content (AvgIpc) is 3.16. The number of Topliss-reactive ketones (excluding diaryl/α,β-unsaturated/α-hetero) is 1. The second-order valence-electron chi connectivity index (χ2n) is 6.57. The number of ketones is 1. The highest BCUT2D eigenvalue weighted by atomic mass is 32.1. The van der Waals surface area contributed by atoms with Gasteiger partial charge in [-0.1, -0.05) is 0 Å². The summed E-state index contributed by atoms with van der Waals surface area (Å²) in [6.07, 6.45) is 0. The normalized spacial score (nSPS) is 14.6. The minimum Gasteiger partial charge on any atom is -0.465 e. The Hall–Kier alpha value is -2.71. The van der Waals surface area contributed by atoms with Gasteiger partial charge in [0.05, 0.1) is 19.3 Å². The number of ether oxygens (including phenoxy) is 1. The van der Waals surface area contributed by atoms with Crippen molar-refractivity contribution in [3.8, 4) is 0 Å². The van der Waals surface area contributed by atoms with Gasteiger partial charge in [0.15, 0.2) is 5.78 Å². The van der Waals surface area contributed by atoms with Crippen molar-refractivity contribution in [3.05, 3.63) is 46.2 Å². The third-order valence-electron chi connectivity index (χ3n) is 4.69. The molecule has 28 heavy (non-hydrogen) atoms. The third kappa shape index (κ3) is 4.76. The summed E-state index contributed by atoms with van der Waals surface area (Å²) >= 11 is 1.24. The number of nitrogens with zero attached hydrogens (tertiary/aromatic N) is 2. The zero-order valence-electron chi connectivity index (χ0n) is 15.9. The SMILES string of the molecule is COC(=O)c1sccc1NC(=O)CN1CCN(c2ccc(C(C)=O)cc2)CC1. The molecule has 148 valence electrons. The van der Waals surface area contributed by atoms with E-state index in [0.717, 1.165) is 31.9 Å². The van der Waals surface area contributed by atoms with Gasteiger partial charge in [-0.2, -0.15) is 0 Å². The van der Waals surface area contributed by atoms with Crippen molar-refractivity contribution < 1.29 is 19.1 Å². The van der Waals surface area contributed by atoms with E-state index >= 15 is 0 Å². The lowest BCUT2D eigenvalue weighted by Crippen LogP contribution is -2.48. The summed E-state index contributed by atoms with van der Waals surface area (Å²) < 4.78 is 4.73. The van der Waals surface area contributed by atoms with Crippen molar-refractivity contribution in [3.63, 3.8) is 0 Å². The van der Waals surface area contributed by atoms with E-state index in [1.807, 2.05) is 24.3 Å². The lowest BCUT2D eigenvalue weighted by Gasteiger charge is -2.35. The van der Waals surface area contributed by atoms with Crippen LogP contribution < -0.4 is 10.2 Å². The second kappa shape index (κ2) is 8.99. The fourth-order valence-corrected chi connectivity index (χ4v) is 3.89. The fourth-order valence-electron chi connectivity index (χ4n) is 3.12. The van der Waals surface area contributed by atoms with Crippen LogP contribution in [-0.2, 0) is 9.53 Å². The number of rotatable bonds is 6. The van der Waals surface area contributed by atoms with Gasteiger partial charge in [0.25, 0.3) is 0 Å². The summed E-state index contributed by atoms with van der Waals surface area (Å²) in [6.45, 7) is 4.96. The number of thiophene rings is 1. The Morgan fingerprint density at radius 3 is 2.36 bits per heavy atom. The summed E-state index contributed by atoms with van der Waals surface area (Å²) in [5, 5.41) is 4.54. The number of anilines is 2. The van der Waals surface area contributed by atoms with Crippen molar-refractivity contribution in [2.75, 3.05) is 50.1 Å². The molecule has 8 heteroatoms. The molecule has 1 fully saturated rings. The molecule has 1 aliphatic rings. The third-order valence-corrected chi connectivity index (χ3v) is 5.58. The van der Waals surface area contributed by atoms with Crippen LogP contribution in [0.4, 0.5) is 11.4 Å². The van der Waals surface area contributed by atoms with Gasteiger partial charge in [-0.3, -0.25) is 14.5 Å². The van der Waals surface area contributed by atoms with Crippen LogP contribution in [0.25, 0.3) is 0 Å². The molecule has 3 rings (SSSR count). The van der Waals surface area contributed by atoms with Crippen molar-refractivity contribution in [2.24, 2.45) is 0 Å². The topological polar surface area (TPSA) is 79.0 Å². The van der Waals surface area contributed by atoms with Gasteiger partial charge >= 0.3 is 5.97 Å². The van der Waals surface area contributed by atoms with Crippen molar-refractivity contribution >= 4 is 40.4 Å². The maximum Gasteiger partial charge on any atom is 0.350 e. The zero-order valence-corrected chi connectivity index (χ0v) is 16.8. The first-order valence-electron chi connectivity index (χ1n) is 9.02. The number of nitrogens with one attached hydrogen (secondary N) is 1. The Kier molecular flexibility index (Phi) is 6.43. The lowest BCUT2D eigenvalue weighted by atomic mass is 10.1. The number of hydrogen-bond donors (Lipinski definition) is 1. The van der Waals surface area contributed by atoms with Crippen LogP contribution in [0.1, 0.15) is 27.0 Å². The number of hydrogen-bond acceptors (Lipinski definition) is 7. The number of piperazine rings is 1. The highest BCUT2D eigenvalue weighted by Gasteiger charge is 2.21. The maximum atomic E-state index is 12.3. The van der Waals surface area contributed by atoms with E-state index in [1.165, 1.54) is 18.4 Å². The molecule has 7 nitrogen and oxygen atoms in total. The smallest absolute Gasteiger partial charge is 0.350 e. The molecule has 0 spiro atoms. The first-order valence-corrected chi connectivity index (χ1v) is 9.90. The number of esters is 1. The van der Waals surface area contributed by atoms with Gasteiger partial charge in [0.1, 0.15) is 4.88 Å². The molecule has 0 unspecified atom stereocenters. The summed E-state index contributed by atoms with van der Waals surface area (Å²) in [5.74, 6) is -0.541. The molecule has 1 aliphatic heterocycles. The standard InChI is InChI=1S/C20H23N3O4S/c1-14(24)15-3-5-16(6-4-15)23-10-8-22(9-11-23)13-18(25)21-17-7-12-28-19(17)20(26)27-2/h3-7,12H,8-11,13H2,1-2H3,(H,21,25). The van der Waals surface area contributed by atoms with Crippen LogP contribution in [0.15, 0.2) is 35.7 Å². The molecule has 2 heterocycles. The van der Waals surface area contributed by atoms with Crippen molar-refractivity contribution in [1.29, 1.82) is 0 Å². The number of benzene rings is 1. The van der Waals surface area contributed by atoms with Gasteiger partial charge in [0, 0.05) is 37.4 Å². The van der Waals surface area contributed by atoms with Crippen LogP contribution in [0.5, 0.6) is 0 Å². The van der Waals surface area contributed by atoms with Crippen molar-refractivity contribution in [1.82, 2.24) is 4.90 Å².